The van der Waals surface area contributed by atoms with Gasteiger partial charge >= 0.3 is 5.97 Å². The smallest absolute Gasteiger partial charge is 0.341 e. The Hall–Kier alpha value is -3.85. The topological polar surface area (TPSA) is 103 Å². The van der Waals surface area contributed by atoms with Crippen molar-refractivity contribution in [3.05, 3.63) is 69.1 Å². The van der Waals surface area contributed by atoms with Crippen molar-refractivity contribution in [2.45, 2.75) is 27.7 Å². The third-order valence-corrected chi connectivity index (χ3v) is 6.51. The van der Waals surface area contributed by atoms with E-state index in [9.17, 15) is 14.4 Å². The average Bonchev–Trinajstić information content (AvgIpc) is 3.16. The monoisotopic (exact) mass is 496 g/mol. The Morgan fingerprint density at radius 3 is 2.11 bits per heavy atom. The van der Waals surface area contributed by atoms with Gasteiger partial charge in [-0.2, -0.15) is 0 Å². The van der Waals surface area contributed by atoms with Crippen molar-refractivity contribution in [3.8, 4) is 11.5 Å². The van der Waals surface area contributed by atoms with Gasteiger partial charge in [-0.3, -0.25) is 9.59 Å². The van der Waals surface area contributed by atoms with Crippen LogP contribution in [0, 0.1) is 20.8 Å². The number of amides is 2. The summed E-state index contributed by atoms with van der Waals surface area (Å²) >= 11 is 1.01. The maximum Gasteiger partial charge on any atom is 0.341 e. The average molecular weight is 497 g/mol. The maximum atomic E-state index is 13.1. The zero-order valence-electron chi connectivity index (χ0n) is 20.5. The highest BCUT2D eigenvalue weighted by molar-refractivity contribution is 7.19. The predicted octanol–water partition coefficient (Wildman–Crippen LogP) is 5.37. The van der Waals surface area contributed by atoms with E-state index in [1.165, 1.54) is 14.2 Å². The standard InChI is InChI=1S/C26H28N2O6S/c1-7-34-26(31)21-16(4)22(24(30)27-20-9-8-14(2)10-15(20)3)35-25(21)28-23(29)17-11-18(32-5)13-19(12-17)33-6/h8-13H,7H2,1-6H3,(H,27,30)(H,28,29). The number of anilines is 2. The van der Waals surface area contributed by atoms with Crippen LogP contribution in [0.4, 0.5) is 10.7 Å². The highest BCUT2D eigenvalue weighted by atomic mass is 32.1. The number of thiophene rings is 1. The van der Waals surface area contributed by atoms with Crippen LogP contribution in [0.3, 0.4) is 0 Å². The van der Waals surface area contributed by atoms with E-state index in [2.05, 4.69) is 10.6 Å². The molecule has 0 bridgehead atoms. The molecule has 1 aromatic heterocycles. The number of nitrogens with one attached hydrogen (secondary N) is 2. The number of carbonyl (C=O) groups excluding carboxylic acids is 3. The first-order chi connectivity index (χ1) is 16.7. The van der Waals surface area contributed by atoms with E-state index in [1.54, 1.807) is 32.0 Å². The molecule has 0 atom stereocenters. The molecule has 35 heavy (non-hydrogen) atoms. The van der Waals surface area contributed by atoms with Crippen LogP contribution in [0.5, 0.6) is 11.5 Å². The summed E-state index contributed by atoms with van der Waals surface area (Å²) in [7, 11) is 2.97. The molecule has 0 spiro atoms. The summed E-state index contributed by atoms with van der Waals surface area (Å²) in [6.07, 6.45) is 0. The molecule has 0 radical (unpaired) electrons. The van der Waals surface area contributed by atoms with Gasteiger partial charge in [0.05, 0.1) is 31.3 Å². The molecule has 2 N–H and O–H groups in total. The molecule has 3 rings (SSSR count). The summed E-state index contributed by atoms with van der Waals surface area (Å²) in [5.41, 5.74) is 3.50. The first-order valence-electron chi connectivity index (χ1n) is 10.9. The van der Waals surface area contributed by atoms with Gasteiger partial charge in [0, 0.05) is 17.3 Å². The van der Waals surface area contributed by atoms with E-state index >= 15 is 0 Å². The van der Waals surface area contributed by atoms with Crippen LogP contribution in [0.15, 0.2) is 36.4 Å². The van der Waals surface area contributed by atoms with E-state index in [-0.39, 0.29) is 28.6 Å². The Bertz CT molecular complexity index is 1260. The van der Waals surface area contributed by atoms with Crippen molar-refractivity contribution in [1.82, 2.24) is 0 Å². The summed E-state index contributed by atoms with van der Waals surface area (Å²) in [6, 6.07) is 10.4. The first-order valence-corrected chi connectivity index (χ1v) is 11.7. The largest absolute Gasteiger partial charge is 0.497 e. The second-order valence-electron chi connectivity index (χ2n) is 7.81. The summed E-state index contributed by atoms with van der Waals surface area (Å²) in [6.45, 7) is 7.37. The lowest BCUT2D eigenvalue weighted by Gasteiger charge is -2.10. The molecule has 0 aliphatic rings. The number of esters is 1. The number of aryl methyl sites for hydroxylation is 2. The van der Waals surface area contributed by atoms with Gasteiger partial charge in [0.15, 0.2) is 0 Å². The number of benzene rings is 2. The third-order valence-electron chi connectivity index (χ3n) is 5.30. The van der Waals surface area contributed by atoms with E-state index < -0.39 is 11.9 Å². The number of rotatable bonds is 8. The van der Waals surface area contributed by atoms with Gasteiger partial charge < -0.3 is 24.8 Å². The Labute approximate surface area is 208 Å². The molecule has 1 heterocycles. The van der Waals surface area contributed by atoms with Crippen molar-refractivity contribution >= 4 is 39.8 Å². The minimum Gasteiger partial charge on any atom is -0.497 e. The molecule has 2 aromatic carbocycles. The van der Waals surface area contributed by atoms with Crippen LogP contribution in [0.2, 0.25) is 0 Å². The van der Waals surface area contributed by atoms with Gasteiger partial charge in [-0.1, -0.05) is 17.7 Å². The normalized spacial score (nSPS) is 10.5. The zero-order valence-corrected chi connectivity index (χ0v) is 21.3. The Morgan fingerprint density at radius 1 is 0.886 bits per heavy atom. The fourth-order valence-corrected chi connectivity index (χ4v) is 4.60. The second kappa shape index (κ2) is 11.1. The van der Waals surface area contributed by atoms with Crippen LogP contribution in [-0.2, 0) is 4.74 Å². The van der Waals surface area contributed by atoms with Crippen LogP contribution < -0.4 is 20.1 Å². The Kier molecular flexibility index (Phi) is 8.14. The van der Waals surface area contributed by atoms with Gasteiger partial charge in [-0.15, -0.1) is 11.3 Å². The summed E-state index contributed by atoms with van der Waals surface area (Å²) < 4.78 is 15.7. The molecule has 8 nitrogen and oxygen atoms in total. The van der Waals surface area contributed by atoms with Crippen LogP contribution >= 0.6 is 11.3 Å². The van der Waals surface area contributed by atoms with Gasteiger partial charge in [-0.05, 0) is 57.0 Å². The Morgan fingerprint density at radius 2 is 1.54 bits per heavy atom. The van der Waals surface area contributed by atoms with Gasteiger partial charge in [-0.25, -0.2) is 4.79 Å². The predicted molar refractivity (Wildman–Crippen MR) is 136 cm³/mol. The van der Waals surface area contributed by atoms with Crippen molar-refractivity contribution in [2.24, 2.45) is 0 Å². The molecule has 0 unspecified atom stereocenters. The molecule has 2 amide bonds. The van der Waals surface area contributed by atoms with Crippen molar-refractivity contribution in [1.29, 1.82) is 0 Å². The lowest BCUT2D eigenvalue weighted by atomic mass is 10.1. The lowest BCUT2D eigenvalue weighted by Crippen LogP contribution is -2.15. The fourth-order valence-electron chi connectivity index (χ4n) is 3.51. The van der Waals surface area contributed by atoms with E-state index in [4.69, 9.17) is 14.2 Å². The maximum absolute atomic E-state index is 13.1. The number of ether oxygens (including phenoxy) is 3. The minimum atomic E-state index is -0.620. The summed E-state index contributed by atoms with van der Waals surface area (Å²) in [5, 5.41) is 5.87. The molecular formula is C26H28N2O6S. The fraction of sp³-hybridized carbons (Fsp3) is 0.269. The highest BCUT2D eigenvalue weighted by Crippen LogP contribution is 2.35. The van der Waals surface area contributed by atoms with Crippen molar-refractivity contribution < 1.29 is 28.6 Å². The molecule has 9 heteroatoms. The van der Waals surface area contributed by atoms with E-state index in [0.29, 0.717) is 27.6 Å². The molecule has 0 saturated carbocycles. The number of hydrogen-bond acceptors (Lipinski definition) is 7. The third kappa shape index (κ3) is 5.81. The van der Waals surface area contributed by atoms with Crippen LogP contribution in [0.25, 0.3) is 0 Å². The molecule has 0 aliphatic heterocycles. The highest BCUT2D eigenvalue weighted by Gasteiger charge is 2.27. The molecule has 184 valence electrons. The Balaban J connectivity index is 1.98. The van der Waals surface area contributed by atoms with Gasteiger partial charge in [0.2, 0.25) is 0 Å². The quantitative estimate of drug-likeness (QED) is 0.406. The number of methoxy groups -OCH3 is 2. The molecule has 0 saturated heterocycles. The molecule has 0 aliphatic carbocycles. The first kappa shape index (κ1) is 25.8. The molecule has 3 aromatic rings. The van der Waals surface area contributed by atoms with Gasteiger partial charge in [0.25, 0.3) is 11.8 Å². The van der Waals surface area contributed by atoms with Crippen molar-refractivity contribution in [2.75, 3.05) is 31.5 Å². The van der Waals surface area contributed by atoms with E-state index in [0.717, 1.165) is 22.5 Å². The second-order valence-corrected chi connectivity index (χ2v) is 8.83. The van der Waals surface area contributed by atoms with E-state index in [1.807, 2.05) is 32.0 Å². The summed E-state index contributed by atoms with van der Waals surface area (Å²) in [5.74, 6) is -0.610. The summed E-state index contributed by atoms with van der Waals surface area (Å²) in [4.78, 5) is 39.3. The number of carbonyl (C=O) groups is 3. The lowest BCUT2D eigenvalue weighted by molar-refractivity contribution is 0.0527. The number of hydrogen-bond donors (Lipinski definition) is 2. The molecular weight excluding hydrogens is 468 g/mol. The van der Waals surface area contributed by atoms with Gasteiger partial charge in [0.1, 0.15) is 16.5 Å². The SMILES string of the molecule is CCOC(=O)c1c(NC(=O)c2cc(OC)cc(OC)c2)sc(C(=O)Nc2ccc(C)cc2C)c1C. The minimum absolute atomic E-state index is 0.144. The van der Waals surface area contributed by atoms with Crippen LogP contribution in [0.1, 0.15) is 54.0 Å². The zero-order chi connectivity index (χ0) is 25.7. The van der Waals surface area contributed by atoms with Crippen molar-refractivity contribution in [3.63, 3.8) is 0 Å². The van der Waals surface area contributed by atoms with Crippen LogP contribution in [-0.4, -0.2) is 38.6 Å². The molecule has 0 fully saturated rings.